The van der Waals surface area contributed by atoms with E-state index in [2.05, 4.69) is 16.4 Å². The molecule has 1 atom stereocenters. The molecule has 0 bridgehead atoms. The van der Waals surface area contributed by atoms with E-state index in [0.717, 1.165) is 18.4 Å². The number of carbonyl (C=O) groups is 1. The number of para-hydroxylation sites is 1. The van der Waals surface area contributed by atoms with Gasteiger partial charge in [0.25, 0.3) is 0 Å². The third kappa shape index (κ3) is 3.50. The van der Waals surface area contributed by atoms with E-state index in [4.69, 9.17) is 0 Å². The molecule has 118 valence electrons. The molecule has 0 saturated carbocycles. The average molecular weight is 320 g/mol. The molecule has 0 radical (unpaired) electrons. The molecule has 5 nitrogen and oxygen atoms in total. The number of nitrogens with one attached hydrogen (secondary N) is 2. The molecule has 0 unspecified atom stereocenters. The smallest absolute Gasteiger partial charge is 0.220 e. The van der Waals surface area contributed by atoms with Crippen molar-refractivity contribution >= 4 is 26.6 Å². The summed E-state index contributed by atoms with van der Waals surface area (Å²) in [4.78, 5) is 15.1. The summed E-state index contributed by atoms with van der Waals surface area (Å²) in [6.45, 7) is 0. The fourth-order valence-electron chi connectivity index (χ4n) is 2.99. The Morgan fingerprint density at radius 1 is 1.32 bits per heavy atom. The normalized spacial score (nSPS) is 20.3. The second-order valence-electron chi connectivity index (χ2n) is 5.88. The Balaban J connectivity index is 1.48. The molecule has 6 heteroatoms. The van der Waals surface area contributed by atoms with Crippen LogP contribution in [0, 0.1) is 0 Å². The van der Waals surface area contributed by atoms with Crippen LogP contribution in [0.3, 0.4) is 0 Å². The third-order valence-electron chi connectivity index (χ3n) is 4.12. The van der Waals surface area contributed by atoms with Gasteiger partial charge in [0.05, 0.1) is 11.5 Å². The summed E-state index contributed by atoms with van der Waals surface area (Å²) < 4.78 is 22.7. The molecule has 1 aliphatic heterocycles. The minimum atomic E-state index is -2.94. The highest BCUT2D eigenvalue weighted by atomic mass is 32.2. The number of aromatic amines is 1. The molecule has 1 aromatic heterocycles. The molecule has 2 aromatic rings. The first-order chi connectivity index (χ1) is 10.5. The van der Waals surface area contributed by atoms with Gasteiger partial charge in [-0.05, 0) is 30.9 Å². The van der Waals surface area contributed by atoms with Crippen LogP contribution in [0.15, 0.2) is 30.5 Å². The maximum atomic E-state index is 11.9. The zero-order valence-corrected chi connectivity index (χ0v) is 13.2. The quantitative estimate of drug-likeness (QED) is 0.881. The van der Waals surface area contributed by atoms with Gasteiger partial charge >= 0.3 is 0 Å². The minimum absolute atomic E-state index is 0.0538. The van der Waals surface area contributed by atoms with Crippen molar-refractivity contribution < 1.29 is 13.2 Å². The first-order valence-corrected chi connectivity index (χ1v) is 9.40. The second-order valence-corrected chi connectivity index (χ2v) is 8.11. The zero-order chi connectivity index (χ0) is 15.6. The number of aromatic nitrogens is 1. The highest BCUT2D eigenvalue weighted by Crippen LogP contribution is 2.19. The summed E-state index contributed by atoms with van der Waals surface area (Å²) >= 11 is 0. The largest absolute Gasteiger partial charge is 0.361 e. The number of aryl methyl sites for hydroxylation is 1. The van der Waals surface area contributed by atoms with Gasteiger partial charge in [-0.2, -0.15) is 0 Å². The maximum Gasteiger partial charge on any atom is 0.220 e. The first kappa shape index (κ1) is 15.1. The lowest BCUT2D eigenvalue weighted by molar-refractivity contribution is -0.121. The van der Waals surface area contributed by atoms with Gasteiger partial charge in [-0.25, -0.2) is 8.42 Å². The molecule has 1 aliphatic rings. The van der Waals surface area contributed by atoms with Gasteiger partial charge in [-0.3, -0.25) is 4.79 Å². The summed E-state index contributed by atoms with van der Waals surface area (Å²) in [7, 11) is -2.94. The summed E-state index contributed by atoms with van der Waals surface area (Å²) in [6.07, 6.45) is 4.55. The van der Waals surface area contributed by atoms with Crippen LogP contribution in [-0.4, -0.2) is 36.9 Å². The lowest BCUT2D eigenvalue weighted by Crippen LogP contribution is -2.35. The summed E-state index contributed by atoms with van der Waals surface area (Å²) in [6, 6.07) is 7.90. The first-order valence-electron chi connectivity index (χ1n) is 7.58. The van der Waals surface area contributed by atoms with Crippen LogP contribution >= 0.6 is 0 Å². The molecule has 1 aromatic carbocycles. The fraction of sp³-hybridized carbons (Fsp3) is 0.438. The van der Waals surface area contributed by atoms with E-state index in [1.54, 1.807) is 0 Å². The average Bonchev–Trinajstić information content (AvgIpc) is 3.03. The number of hydrogen-bond acceptors (Lipinski definition) is 3. The number of H-pyrrole nitrogens is 1. The summed E-state index contributed by atoms with van der Waals surface area (Å²) in [5.74, 6) is 0.219. The Labute approximate surface area is 130 Å². The Hall–Kier alpha value is -1.82. The molecular formula is C16H20N2O3S. The number of benzene rings is 1. The third-order valence-corrected chi connectivity index (χ3v) is 5.89. The Morgan fingerprint density at radius 2 is 2.14 bits per heavy atom. The lowest BCUT2D eigenvalue weighted by atomic mass is 10.1. The Morgan fingerprint density at radius 3 is 2.91 bits per heavy atom. The van der Waals surface area contributed by atoms with Crippen LogP contribution in [0.25, 0.3) is 10.9 Å². The van der Waals surface area contributed by atoms with Crippen LogP contribution < -0.4 is 5.32 Å². The van der Waals surface area contributed by atoms with Crippen molar-refractivity contribution in [3.8, 4) is 0 Å². The highest BCUT2D eigenvalue weighted by Gasteiger charge is 2.28. The van der Waals surface area contributed by atoms with Gasteiger partial charge in [0.2, 0.25) is 5.91 Å². The van der Waals surface area contributed by atoms with Crippen LogP contribution in [-0.2, 0) is 21.1 Å². The zero-order valence-electron chi connectivity index (χ0n) is 12.3. The molecule has 2 heterocycles. The van der Waals surface area contributed by atoms with E-state index < -0.39 is 9.84 Å². The molecule has 0 spiro atoms. The predicted molar refractivity (Wildman–Crippen MR) is 86.4 cm³/mol. The van der Waals surface area contributed by atoms with Crippen molar-refractivity contribution in [3.05, 3.63) is 36.0 Å². The van der Waals surface area contributed by atoms with Crippen LogP contribution in [0.2, 0.25) is 0 Å². The van der Waals surface area contributed by atoms with Gasteiger partial charge in [0, 0.05) is 29.6 Å². The molecule has 1 fully saturated rings. The van der Waals surface area contributed by atoms with Gasteiger partial charge in [0.1, 0.15) is 0 Å². The van der Waals surface area contributed by atoms with Gasteiger partial charge < -0.3 is 10.3 Å². The summed E-state index contributed by atoms with van der Waals surface area (Å²) in [5.41, 5.74) is 2.32. The van der Waals surface area contributed by atoms with Crippen molar-refractivity contribution in [1.29, 1.82) is 0 Å². The number of hydrogen-bond donors (Lipinski definition) is 2. The number of amides is 1. The predicted octanol–water partition coefficient (Wildman–Crippen LogP) is 1.79. The SMILES string of the molecule is O=C(CCCc1c[nH]c2ccccc12)N[C@H]1CCS(=O)(=O)C1. The molecule has 1 amide bonds. The maximum absolute atomic E-state index is 11.9. The van der Waals surface area contributed by atoms with Gasteiger partial charge in [-0.1, -0.05) is 18.2 Å². The van der Waals surface area contributed by atoms with Gasteiger partial charge in [-0.15, -0.1) is 0 Å². The highest BCUT2D eigenvalue weighted by molar-refractivity contribution is 7.91. The van der Waals surface area contributed by atoms with Crippen molar-refractivity contribution in [1.82, 2.24) is 10.3 Å². The number of carbonyl (C=O) groups excluding carboxylic acids is 1. The Bertz CT molecular complexity index is 780. The van der Waals surface area contributed by atoms with E-state index in [-0.39, 0.29) is 23.5 Å². The molecule has 3 rings (SSSR count). The summed E-state index contributed by atoms with van der Waals surface area (Å²) in [5, 5.41) is 4.02. The minimum Gasteiger partial charge on any atom is -0.361 e. The van der Waals surface area contributed by atoms with E-state index >= 15 is 0 Å². The van der Waals surface area contributed by atoms with E-state index in [0.29, 0.717) is 12.8 Å². The Kier molecular flexibility index (Phi) is 4.20. The number of fused-ring (bicyclic) bond motifs is 1. The standard InChI is InChI=1S/C16H20N2O3S/c19-16(18-13-8-9-22(20,21)11-13)7-3-4-12-10-17-15-6-2-1-5-14(12)15/h1-2,5-6,10,13,17H,3-4,7-9,11H2,(H,18,19)/t13-/m0/s1. The molecule has 2 N–H and O–H groups in total. The molecule has 22 heavy (non-hydrogen) atoms. The molecule has 0 aliphatic carbocycles. The monoisotopic (exact) mass is 320 g/mol. The molecular weight excluding hydrogens is 300 g/mol. The van der Waals surface area contributed by atoms with Crippen LogP contribution in [0.4, 0.5) is 0 Å². The van der Waals surface area contributed by atoms with Crippen molar-refractivity contribution in [3.63, 3.8) is 0 Å². The van der Waals surface area contributed by atoms with Crippen molar-refractivity contribution in [2.45, 2.75) is 31.7 Å². The van der Waals surface area contributed by atoms with Gasteiger partial charge in [0.15, 0.2) is 9.84 Å². The molecule has 1 saturated heterocycles. The number of rotatable bonds is 5. The van der Waals surface area contributed by atoms with E-state index in [9.17, 15) is 13.2 Å². The van der Waals surface area contributed by atoms with E-state index in [1.165, 1.54) is 10.9 Å². The van der Waals surface area contributed by atoms with E-state index in [1.807, 2.05) is 24.4 Å². The topological polar surface area (TPSA) is 79.0 Å². The van der Waals surface area contributed by atoms with Crippen molar-refractivity contribution in [2.24, 2.45) is 0 Å². The van der Waals surface area contributed by atoms with Crippen LogP contribution in [0.5, 0.6) is 0 Å². The lowest BCUT2D eigenvalue weighted by Gasteiger charge is -2.10. The second kappa shape index (κ2) is 6.12. The number of sulfone groups is 1. The van der Waals surface area contributed by atoms with Crippen LogP contribution in [0.1, 0.15) is 24.8 Å². The fourth-order valence-corrected chi connectivity index (χ4v) is 4.66. The van der Waals surface area contributed by atoms with Crippen molar-refractivity contribution in [2.75, 3.05) is 11.5 Å².